The molecule has 3 amide bonds. The molecular weight excluding hydrogens is 427 g/mol. The molecule has 0 saturated heterocycles. The highest BCUT2D eigenvalue weighted by molar-refractivity contribution is 6.47. The summed E-state index contributed by atoms with van der Waals surface area (Å²) in [5, 5.41) is 5.32. The number of carbonyl (C=O) groups excluding carboxylic acids is 4. The maximum Gasteiger partial charge on any atom is 0.302 e. The first-order chi connectivity index (χ1) is 15.9. The maximum absolute atomic E-state index is 13.0. The number of aliphatic imine (C=N–C) groups is 1. The molecule has 9 heteroatoms. The lowest BCUT2D eigenvalue weighted by molar-refractivity contribution is -0.144. The second-order valence-corrected chi connectivity index (χ2v) is 7.36. The zero-order valence-electron chi connectivity index (χ0n) is 17.3. The van der Waals surface area contributed by atoms with E-state index in [4.69, 9.17) is 0 Å². The number of amidine groups is 1. The summed E-state index contributed by atoms with van der Waals surface area (Å²) in [6.45, 7) is 0.221. The number of hydrogen-bond acceptors (Lipinski definition) is 5. The highest BCUT2D eigenvalue weighted by Crippen LogP contribution is 2.17. The molecule has 8 nitrogen and oxygen atoms in total. The lowest BCUT2D eigenvalue weighted by Gasteiger charge is -2.28. The van der Waals surface area contributed by atoms with Crippen LogP contribution in [0.25, 0.3) is 0 Å². The van der Waals surface area contributed by atoms with Crippen molar-refractivity contribution in [2.24, 2.45) is 4.99 Å². The van der Waals surface area contributed by atoms with Crippen molar-refractivity contribution in [1.29, 1.82) is 0 Å². The van der Waals surface area contributed by atoms with Crippen molar-refractivity contribution in [1.82, 2.24) is 15.5 Å². The number of carbonyl (C=O) groups is 4. The van der Waals surface area contributed by atoms with E-state index in [2.05, 4.69) is 15.6 Å². The summed E-state index contributed by atoms with van der Waals surface area (Å²) < 4.78 is 13.0. The van der Waals surface area contributed by atoms with E-state index in [1.165, 1.54) is 36.5 Å². The van der Waals surface area contributed by atoms with Gasteiger partial charge in [0, 0.05) is 24.9 Å². The van der Waals surface area contributed by atoms with Gasteiger partial charge in [-0.3, -0.25) is 24.1 Å². The number of fused-ring (bicyclic) bond motifs is 1. The van der Waals surface area contributed by atoms with Crippen molar-refractivity contribution in [2.75, 3.05) is 6.54 Å². The second-order valence-electron chi connectivity index (χ2n) is 7.36. The fourth-order valence-corrected chi connectivity index (χ4v) is 3.28. The van der Waals surface area contributed by atoms with Crippen molar-refractivity contribution in [3.05, 3.63) is 95.5 Å². The van der Waals surface area contributed by atoms with E-state index in [0.717, 1.165) is 4.90 Å². The van der Waals surface area contributed by atoms with E-state index in [0.29, 0.717) is 16.7 Å². The van der Waals surface area contributed by atoms with Gasteiger partial charge < -0.3 is 10.6 Å². The number of ketones is 1. The van der Waals surface area contributed by atoms with E-state index >= 15 is 0 Å². The van der Waals surface area contributed by atoms with Crippen molar-refractivity contribution in [2.45, 2.75) is 12.6 Å². The molecule has 4 rings (SSSR count). The standard InChI is InChI=1S/C24H19FN4O4/c25-18-8-6-15(7-9-18)13-27-23(32)20-21(30)24(33)29-11-10-16(12-19(29)28-20)14-26-22(31)17-4-2-1-3-5-17/h1-12,20H,13-14H2,(H,26,31)(H,27,32). The predicted octanol–water partition coefficient (Wildman–Crippen LogP) is 1.50. The fraction of sp³-hybridized carbons (Fsp3) is 0.125. The molecule has 0 radical (unpaired) electrons. The molecule has 2 heterocycles. The number of hydrogen-bond donors (Lipinski definition) is 2. The van der Waals surface area contributed by atoms with Gasteiger partial charge in [-0.05, 0) is 47.6 Å². The Morgan fingerprint density at radius 1 is 0.970 bits per heavy atom. The molecule has 1 unspecified atom stereocenters. The van der Waals surface area contributed by atoms with Crippen LogP contribution in [0.2, 0.25) is 0 Å². The van der Waals surface area contributed by atoms with Crippen molar-refractivity contribution in [3.8, 4) is 0 Å². The summed E-state index contributed by atoms with van der Waals surface area (Å²) in [5.74, 6) is -3.09. The average Bonchev–Trinajstić information content (AvgIpc) is 2.84. The molecule has 2 aliphatic rings. The minimum Gasteiger partial charge on any atom is -0.350 e. The molecule has 0 spiro atoms. The number of amides is 3. The number of halogens is 1. The second kappa shape index (κ2) is 9.39. The van der Waals surface area contributed by atoms with Gasteiger partial charge >= 0.3 is 5.91 Å². The Morgan fingerprint density at radius 2 is 1.70 bits per heavy atom. The van der Waals surface area contributed by atoms with Gasteiger partial charge in [0.25, 0.3) is 17.6 Å². The summed E-state index contributed by atoms with van der Waals surface area (Å²) in [6, 6.07) is 12.7. The summed E-state index contributed by atoms with van der Waals surface area (Å²) >= 11 is 0. The van der Waals surface area contributed by atoms with Crippen LogP contribution in [0.5, 0.6) is 0 Å². The highest BCUT2D eigenvalue weighted by Gasteiger charge is 2.40. The summed E-state index contributed by atoms with van der Waals surface area (Å²) in [5.41, 5.74) is 1.78. The lowest BCUT2D eigenvalue weighted by atomic mass is 10.1. The molecule has 1 atom stereocenters. The minimum atomic E-state index is -1.52. The Bertz CT molecular complexity index is 1200. The first kappa shape index (κ1) is 21.8. The largest absolute Gasteiger partial charge is 0.350 e. The number of rotatable bonds is 6. The van der Waals surface area contributed by atoms with Crippen molar-refractivity contribution >= 4 is 29.3 Å². The average molecular weight is 446 g/mol. The first-order valence-corrected chi connectivity index (χ1v) is 10.1. The monoisotopic (exact) mass is 446 g/mol. The van der Waals surface area contributed by atoms with Crippen LogP contribution in [0.15, 0.2) is 83.5 Å². The molecule has 0 fully saturated rings. The summed E-state index contributed by atoms with van der Waals surface area (Å²) in [7, 11) is 0. The van der Waals surface area contributed by atoms with Gasteiger partial charge in [0.05, 0.1) is 0 Å². The first-order valence-electron chi connectivity index (χ1n) is 10.1. The van der Waals surface area contributed by atoms with E-state index in [1.54, 1.807) is 30.3 Å². The van der Waals surface area contributed by atoms with Crippen LogP contribution in [0.1, 0.15) is 15.9 Å². The van der Waals surface area contributed by atoms with Gasteiger partial charge in [0.15, 0.2) is 6.04 Å². The highest BCUT2D eigenvalue weighted by atomic mass is 19.1. The van der Waals surface area contributed by atoms with Crippen LogP contribution in [0, 0.1) is 5.82 Å². The zero-order valence-corrected chi connectivity index (χ0v) is 17.3. The molecule has 33 heavy (non-hydrogen) atoms. The lowest BCUT2D eigenvalue weighted by Crippen LogP contribution is -2.52. The molecule has 2 aromatic carbocycles. The van der Waals surface area contributed by atoms with Gasteiger partial charge in [-0.2, -0.15) is 0 Å². The Kier molecular flexibility index (Phi) is 6.21. The van der Waals surface area contributed by atoms with Gasteiger partial charge in [-0.1, -0.05) is 30.3 Å². The minimum absolute atomic E-state index is 0.0537. The van der Waals surface area contributed by atoms with Crippen LogP contribution in [-0.2, 0) is 20.9 Å². The molecule has 0 aromatic heterocycles. The fourth-order valence-electron chi connectivity index (χ4n) is 3.28. The molecule has 0 bridgehead atoms. The molecule has 2 aromatic rings. The maximum atomic E-state index is 13.0. The third-order valence-corrected chi connectivity index (χ3v) is 5.06. The van der Waals surface area contributed by atoms with Crippen molar-refractivity contribution in [3.63, 3.8) is 0 Å². The smallest absolute Gasteiger partial charge is 0.302 e. The molecule has 2 aliphatic heterocycles. The van der Waals surface area contributed by atoms with Gasteiger partial charge in [0.2, 0.25) is 0 Å². The van der Waals surface area contributed by atoms with Crippen LogP contribution in [0.3, 0.4) is 0 Å². The SMILES string of the molecule is O=C(NCC1=CC2=NC(C(=O)NCc3ccc(F)cc3)C(=O)C(=O)N2C=C1)c1ccccc1. The van der Waals surface area contributed by atoms with E-state index < -0.39 is 29.5 Å². The van der Waals surface area contributed by atoms with E-state index in [-0.39, 0.29) is 24.8 Å². The molecule has 0 aliphatic carbocycles. The van der Waals surface area contributed by atoms with Gasteiger partial charge in [-0.15, -0.1) is 0 Å². The third-order valence-electron chi connectivity index (χ3n) is 5.06. The van der Waals surface area contributed by atoms with Gasteiger partial charge in [0.1, 0.15) is 11.7 Å². The Balaban J connectivity index is 1.44. The van der Waals surface area contributed by atoms with Gasteiger partial charge in [-0.25, -0.2) is 9.38 Å². The zero-order chi connectivity index (χ0) is 23.4. The van der Waals surface area contributed by atoms with E-state index in [1.807, 2.05) is 6.07 Å². The van der Waals surface area contributed by atoms with Crippen LogP contribution < -0.4 is 10.6 Å². The number of Topliss-reactive ketones (excluding diaryl/α,β-unsaturated/α-hetero) is 1. The van der Waals surface area contributed by atoms with Crippen molar-refractivity contribution < 1.29 is 23.6 Å². The third kappa shape index (κ3) is 4.93. The molecule has 2 N–H and O–H groups in total. The molecule has 0 saturated carbocycles. The Morgan fingerprint density at radius 3 is 2.42 bits per heavy atom. The summed E-state index contributed by atoms with van der Waals surface area (Å²) in [4.78, 5) is 54.9. The predicted molar refractivity (Wildman–Crippen MR) is 117 cm³/mol. The number of benzene rings is 2. The Labute approximate surface area is 188 Å². The Hall–Kier alpha value is -4.40. The quantitative estimate of drug-likeness (QED) is 0.518. The summed E-state index contributed by atoms with van der Waals surface area (Å²) in [6.07, 6.45) is 4.51. The van der Waals surface area contributed by atoms with Crippen LogP contribution in [0.4, 0.5) is 4.39 Å². The number of nitrogens with zero attached hydrogens (tertiary/aromatic N) is 2. The van der Waals surface area contributed by atoms with Crippen LogP contribution in [-0.4, -0.2) is 46.8 Å². The molecular formula is C24H19FN4O4. The van der Waals surface area contributed by atoms with Crippen LogP contribution >= 0.6 is 0 Å². The number of nitrogens with one attached hydrogen (secondary N) is 2. The molecule has 166 valence electrons. The van der Waals surface area contributed by atoms with E-state index in [9.17, 15) is 23.6 Å². The normalized spacial score (nSPS) is 17.1. The topological polar surface area (TPSA) is 108 Å².